The molecule has 0 fully saturated rings. The summed E-state index contributed by atoms with van der Waals surface area (Å²) in [6, 6.07) is 8.56. The van der Waals surface area contributed by atoms with Crippen molar-refractivity contribution in [2.24, 2.45) is 0 Å². The van der Waals surface area contributed by atoms with Crippen LogP contribution in [0.3, 0.4) is 0 Å². The molecule has 1 aromatic carbocycles. The van der Waals surface area contributed by atoms with Crippen LogP contribution in [-0.4, -0.2) is 41.2 Å². The standard InChI is InChI=1S/C23H28N2O5/c1-15-17(7-6-11-24-15)14-29-18-8-9-19-16(13-18)10-12-25(20(19)21(26)28-5)22(27)30-23(2,3)4/h6-9,11,13,20H,10,12,14H2,1-5H3/t20-/m1/s1. The Morgan fingerprint density at radius 2 is 2.00 bits per heavy atom. The zero-order valence-electron chi connectivity index (χ0n) is 18.1. The normalized spacial score (nSPS) is 15.9. The zero-order valence-corrected chi connectivity index (χ0v) is 18.1. The maximum atomic E-state index is 12.7. The summed E-state index contributed by atoms with van der Waals surface area (Å²) >= 11 is 0. The van der Waals surface area contributed by atoms with Crippen molar-refractivity contribution in [1.82, 2.24) is 9.88 Å². The van der Waals surface area contributed by atoms with Gasteiger partial charge in [-0.15, -0.1) is 0 Å². The van der Waals surface area contributed by atoms with Crippen molar-refractivity contribution < 1.29 is 23.8 Å². The number of hydrogen-bond donors (Lipinski definition) is 0. The van der Waals surface area contributed by atoms with E-state index in [2.05, 4.69) is 4.98 Å². The predicted octanol–water partition coefficient (Wildman–Crippen LogP) is 3.98. The first-order chi connectivity index (χ1) is 14.2. The number of carbonyl (C=O) groups excluding carboxylic acids is 2. The topological polar surface area (TPSA) is 78.0 Å². The first-order valence-electron chi connectivity index (χ1n) is 9.93. The van der Waals surface area contributed by atoms with Gasteiger partial charge in [0.15, 0.2) is 6.04 Å². The van der Waals surface area contributed by atoms with Gasteiger partial charge in [-0.25, -0.2) is 9.59 Å². The molecule has 1 amide bonds. The summed E-state index contributed by atoms with van der Waals surface area (Å²) in [5, 5.41) is 0. The Kier molecular flexibility index (Phi) is 6.29. The Labute approximate surface area is 177 Å². The third-order valence-corrected chi connectivity index (χ3v) is 4.91. The number of hydrogen-bond acceptors (Lipinski definition) is 6. The number of methoxy groups -OCH3 is 1. The van der Waals surface area contributed by atoms with Crippen molar-refractivity contribution in [2.45, 2.75) is 52.4 Å². The number of benzene rings is 1. The molecule has 0 bridgehead atoms. The molecular weight excluding hydrogens is 384 g/mol. The van der Waals surface area contributed by atoms with E-state index in [1.54, 1.807) is 33.0 Å². The molecule has 0 saturated carbocycles. The van der Waals surface area contributed by atoms with Gasteiger partial charge in [0.25, 0.3) is 0 Å². The van der Waals surface area contributed by atoms with Gasteiger partial charge in [0.1, 0.15) is 18.0 Å². The summed E-state index contributed by atoms with van der Waals surface area (Å²) in [4.78, 5) is 30.9. The van der Waals surface area contributed by atoms with E-state index in [1.807, 2.05) is 31.2 Å². The average Bonchev–Trinajstić information content (AvgIpc) is 2.70. The van der Waals surface area contributed by atoms with E-state index in [9.17, 15) is 9.59 Å². The lowest BCUT2D eigenvalue weighted by molar-refractivity contribution is -0.147. The van der Waals surface area contributed by atoms with Crippen molar-refractivity contribution in [1.29, 1.82) is 0 Å². The number of ether oxygens (including phenoxy) is 3. The molecule has 0 aliphatic carbocycles. The van der Waals surface area contributed by atoms with Gasteiger partial charge in [-0.3, -0.25) is 9.88 Å². The number of pyridine rings is 1. The summed E-state index contributed by atoms with van der Waals surface area (Å²) in [5.74, 6) is 0.202. The molecule has 0 saturated heterocycles. The van der Waals surface area contributed by atoms with Gasteiger partial charge >= 0.3 is 12.1 Å². The number of rotatable bonds is 4. The second kappa shape index (κ2) is 8.73. The molecule has 1 atom stereocenters. The first kappa shape index (κ1) is 21.6. The Morgan fingerprint density at radius 1 is 1.23 bits per heavy atom. The monoisotopic (exact) mass is 412 g/mol. The Balaban J connectivity index is 1.82. The lowest BCUT2D eigenvalue weighted by atomic mass is 9.92. The summed E-state index contributed by atoms with van der Waals surface area (Å²) in [6.07, 6.45) is 1.81. The van der Waals surface area contributed by atoms with Gasteiger partial charge < -0.3 is 14.2 Å². The molecule has 1 aliphatic heterocycles. The van der Waals surface area contributed by atoms with E-state index in [1.165, 1.54) is 12.0 Å². The highest BCUT2D eigenvalue weighted by atomic mass is 16.6. The van der Waals surface area contributed by atoms with Crippen LogP contribution in [0.4, 0.5) is 4.79 Å². The van der Waals surface area contributed by atoms with Gasteiger partial charge in [0.05, 0.1) is 7.11 Å². The number of nitrogens with zero attached hydrogens (tertiary/aromatic N) is 2. The SMILES string of the molecule is COC(=O)[C@H]1c2ccc(OCc3cccnc3C)cc2CCN1C(=O)OC(C)(C)C. The second-order valence-electron chi connectivity index (χ2n) is 8.25. The van der Waals surface area contributed by atoms with E-state index in [-0.39, 0.29) is 0 Å². The quantitative estimate of drug-likeness (QED) is 0.707. The summed E-state index contributed by atoms with van der Waals surface area (Å²) in [7, 11) is 1.32. The van der Waals surface area contributed by atoms with Crippen LogP contribution in [0.25, 0.3) is 0 Å². The summed E-state index contributed by atoms with van der Waals surface area (Å²) in [5.41, 5.74) is 2.96. The van der Waals surface area contributed by atoms with Crippen LogP contribution in [-0.2, 0) is 27.3 Å². The molecule has 0 unspecified atom stereocenters. The minimum atomic E-state index is -0.844. The van der Waals surface area contributed by atoms with Gasteiger partial charge in [0.2, 0.25) is 0 Å². The number of esters is 1. The van der Waals surface area contributed by atoms with Crippen LogP contribution in [0.2, 0.25) is 0 Å². The smallest absolute Gasteiger partial charge is 0.411 e. The molecule has 7 nitrogen and oxygen atoms in total. The van der Waals surface area contributed by atoms with Crippen molar-refractivity contribution in [2.75, 3.05) is 13.7 Å². The van der Waals surface area contributed by atoms with Gasteiger partial charge in [-0.1, -0.05) is 12.1 Å². The maximum Gasteiger partial charge on any atom is 0.411 e. The van der Waals surface area contributed by atoms with Crippen molar-refractivity contribution in [3.8, 4) is 5.75 Å². The zero-order chi connectivity index (χ0) is 21.9. The Hall–Kier alpha value is -3.09. The number of aryl methyl sites for hydroxylation is 1. The molecule has 2 aromatic rings. The Morgan fingerprint density at radius 3 is 2.67 bits per heavy atom. The lowest BCUT2D eigenvalue weighted by Crippen LogP contribution is -2.46. The number of aromatic nitrogens is 1. The molecule has 160 valence electrons. The summed E-state index contributed by atoms with van der Waals surface area (Å²) in [6.45, 7) is 8.09. The molecule has 1 aliphatic rings. The predicted molar refractivity (Wildman–Crippen MR) is 111 cm³/mol. The van der Waals surface area contributed by atoms with Crippen LogP contribution in [0.1, 0.15) is 49.2 Å². The highest BCUT2D eigenvalue weighted by molar-refractivity contribution is 5.84. The molecule has 0 radical (unpaired) electrons. The number of carbonyl (C=O) groups is 2. The maximum absolute atomic E-state index is 12.7. The fourth-order valence-electron chi connectivity index (χ4n) is 3.41. The van der Waals surface area contributed by atoms with E-state index < -0.39 is 23.7 Å². The Bertz CT molecular complexity index is 935. The van der Waals surface area contributed by atoms with E-state index in [4.69, 9.17) is 14.2 Å². The molecule has 3 rings (SSSR count). The molecule has 2 heterocycles. The van der Waals surface area contributed by atoms with E-state index >= 15 is 0 Å². The molecule has 1 aromatic heterocycles. The van der Waals surface area contributed by atoms with E-state index in [0.717, 1.165) is 22.4 Å². The molecule has 30 heavy (non-hydrogen) atoms. The minimum absolute atomic E-state index is 0.354. The molecule has 7 heteroatoms. The minimum Gasteiger partial charge on any atom is -0.489 e. The third-order valence-electron chi connectivity index (χ3n) is 4.91. The van der Waals surface area contributed by atoms with Crippen LogP contribution in [0.15, 0.2) is 36.5 Å². The highest BCUT2D eigenvalue weighted by Crippen LogP contribution is 2.34. The van der Waals surface area contributed by atoms with Crippen molar-refractivity contribution in [3.05, 3.63) is 58.9 Å². The van der Waals surface area contributed by atoms with Crippen LogP contribution < -0.4 is 4.74 Å². The van der Waals surface area contributed by atoms with Gasteiger partial charge in [-0.2, -0.15) is 0 Å². The molecule has 0 spiro atoms. The van der Waals surface area contributed by atoms with Crippen LogP contribution in [0, 0.1) is 6.92 Å². The molecule has 0 N–H and O–H groups in total. The number of amides is 1. The van der Waals surface area contributed by atoms with Crippen molar-refractivity contribution >= 4 is 12.1 Å². The van der Waals surface area contributed by atoms with Crippen LogP contribution >= 0.6 is 0 Å². The average molecular weight is 412 g/mol. The third kappa shape index (κ3) is 4.90. The highest BCUT2D eigenvalue weighted by Gasteiger charge is 2.39. The van der Waals surface area contributed by atoms with Crippen LogP contribution in [0.5, 0.6) is 5.75 Å². The second-order valence-corrected chi connectivity index (χ2v) is 8.25. The number of fused-ring (bicyclic) bond motifs is 1. The fraction of sp³-hybridized carbons (Fsp3) is 0.435. The van der Waals surface area contributed by atoms with Gasteiger partial charge in [0, 0.05) is 24.0 Å². The fourth-order valence-corrected chi connectivity index (χ4v) is 3.41. The van der Waals surface area contributed by atoms with E-state index in [0.29, 0.717) is 25.3 Å². The van der Waals surface area contributed by atoms with Crippen molar-refractivity contribution in [3.63, 3.8) is 0 Å². The van der Waals surface area contributed by atoms with Gasteiger partial charge in [-0.05, 0) is 63.4 Å². The summed E-state index contributed by atoms with van der Waals surface area (Å²) < 4.78 is 16.4. The largest absolute Gasteiger partial charge is 0.489 e. The molecular formula is C23H28N2O5. The lowest BCUT2D eigenvalue weighted by Gasteiger charge is -2.36. The first-order valence-corrected chi connectivity index (χ1v) is 9.93.